The third kappa shape index (κ3) is 8.05. The number of rotatable bonds is 3. The molecular formula is C12H28N2O2. The zero-order valence-corrected chi connectivity index (χ0v) is 11.0. The fraction of sp³-hybridized carbons (Fsp3) is 1.00. The summed E-state index contributed by atoms with van der Waals surface area (Å²) in [6.45, 7) is 8.68. The van der Waals surface area contributed by atoms with Crippen molar-refractivity contribution in [2.75, 3.05) is 19.7 Å². The van der Waals surface area contributed by atoms with E-state index in [1.165, 1.54) is 12.8 Å². The van der Waals surface area contributed by atoms with Gasteiger partial charge in [-0.3, -0.25) is 5.32 Å². The Kier molecular flexibility index (Phi) is 8.84. The summed E-state index contributed by atoms with van der Waals surface area (Å²) in [4.78, 5) is 0. The van der Waals surface area contributed by atoms with Crippen molar-refractivity contribution < 1.29 is 9.84 Å². The van der Waals surface area contributed by atoms with E-state index in [9.17, 15) is 5.11 Å². The molecule has 2 aliphatic rings. The van der Waals surface area contributed by atoms with Crippen LogP contribution in [0.2, 0.25) is 0 Å². The van der Waals surface area contributed by atoms with E-state index in [-0.39, 0.29) is 0 Å². The minimum absolute atomic E-state index is 0.477. The average Bonchev–Trinajstić information content (AvgIpc) is 3.01. The largest absolute Gasteiger partial charge is 0.376 e. The predicted molar refractivity (Wildman–Crippen MR) is 67.2 cm³/mol. The maximum atomic E-state index is 9.30. The molecule has 0 aromatic heterocycles. The lowest BCUT2D eigenvalue weighted by Gasteiger charge is -2.37. The second kappa shape index (κ2) is 8.93. The van der Waals surface area contributed by atoms with Gasteiger partial charge in [0.1, 0.15) is 5.72 Å². The Hall–Kier alpha value is -0.160. The molecule has 4 heteroatoms. The number of hydrogen-bond donors (Lipinski definition) is 3. The van der Waals surface area contributed by atoms with Crippen molar-refractivity contribution in [3.63, 3.8) is 0 Å². The number of nitrogens with two attached hydrogens (primary N) is 1. The second-order valence-electron chi connectivity index (χ2n) is 4.19. The molecule has 1 aliphatic heterocycles. The van der Waals surface area contributed by atoms with Crippen LogP contribution in [0, 0.1) is 0 Å². The molecule has 0 aromatic carbocycles. The molecule has 1 aliphatic carbocycles. The minimum Gasteiger partial charge on any atom is -0.376 e. The fourth-order valence-electron chi connectivity index (χ4n) is 1.32. The van der Waals surface area contributed by atoms with Crippen molar-refractivity contribution in [3.8, 4) is 0 Å². The molecule has 2 rings (SSSR count). The summed E-state index contributed by atoms with van der Waals surface area (Å²) in [7, 11) is 0. The van der Waals surface area contributed by atoms with E-state index >= 15 is 0 Å². The fourth-order valence-corrected chi connectivity index (χ4v) is 1.32. The van der Waals surface area contributed by atoms with Crippen LogP contribution in [-0.4, -0.2) is 36.6 Å². The van der Waals surface area contributed by atoms with Gasteiger partial charge in [-0.25, -0.2) is 0 Å². The molecule has 0 bridgehead atoms. The van der Waals surface area contributed by atoms with Gasteiger partial charge in [0, 0.05) is 0 Å². The maximum Gasteiger partial charge on any atom is 0.116 e. The van der Waals surface area contributed by atoms with E-state index in [2.05, 4.69) is 12.2 Å². The lowest BCUT2D eigenvalue weighted by atomic mass is 9.88. The highest BCUT2D eigenvalue weighted by molar-refractivity contribution is 4.83. The number of epoxide rings is 1. The predicted octanol–water partition coefficient (Wildman–Crippen LogP) is 1.23. The normalized spacial score (nSPS) is 24.2. The Morgan fingerprint density at radius 2 is 1.88 bits per heavy atom. The lowest BCUT2D eigenvalue weighted by molar-refractivity contribution is -0.0620. The highest BCUT2D eigenvalue weighted by atomic mass is 16.6. The van der Waals surface area contributed by atoms with E-state index in [0.29, 0.717) is 6.10 Å². The molecule has 1 unspecified atom stereocenters. The Balaban J connectivity index is 0.000000241. The Bertz CT molecular complexity index is 157. The van der Waals surface area contributed by atoms with Crippen LogP contribution in [0.3, 0.4) is 0 Å². The van der Waals surface area contributed by atoms with Crippen LogP contribution in [0.15, 0.2) is 0 Å². The summed E-state index contributed by atoms with van der Waals surface area (Å²) >= 11 is 0. The van der Waals surface area contributed by atoms with Crippen LogP contribution in [0.25, 0.3) is 0 Å². The first-order valence-electron chi connectivity index (χ1n) is 6.40. The quantitative estimate of drug-likeness (QED) is 0.505. The molecule has 1 saturated carbocycles. The van der Waals surface area contributed by atoms with Crippen molar-refractivity contribution in [3.05, 3.63) is 0 Å². The maximum absolute atomic E-state index is 9.30. The van der Waals surface area contributed by atoms with E-state index < -0.39 is 5.72 Å². The molecule has 1 atom stereocenters. The number of ether oxygens (including phenoxy) is 1. The summed E-state index contributed by atoms with van der Waals surface area (Å²) in [5, 5.41) is 12.3. The summed E-state index contributed by atoms with van der Waals surface area (Å²) in [6.07, 6.45) is 4.86. The summed E-state index contributed by atoms with van der Waals surface area (Å²) in [6, 6.07) is 0. The Morgan fingerprint density at radius 1 is 1.38 bits per heavy atom. The Morgan fingerprint density at radius 3 is 1.94 bits per heavy atom. The van der Waals surface area contributed by atoms with E-state index in [1.54, 1.807) is 0 Å². The van der Waals surface area contributed by atoms with Crippen molar-refractivity contribution in [1.29, 1.82) is 0 Å². The molecule has 1 heterocycles. The lowest BCUT2D eigenvalue weighted by Crippen LogP contribution is -2.50. The van der Waals surface area contributed by atoms with Crippen LogP contribution >= 0.6 is 0 Å². The number of aliphatic hydroxyl groups is 1. The van der Waals surface area contributed by atoms with Crippen LogP contribution < -0.4 is 11.1 Å². The molecule has 2 fully saturated rings. The molecule has 16 heavy (non-hydrogen) atoms. The summed E-state index contributed by atoms with van der Waals surface area (Å²) in [5.74, 6) is 0. The zero-order valence-electron chi connectivity index (χ0n) is 11.0. The smallest absolute Gasteiger partial charge is 0.116 e. The van der Waals surface area contributed by atoms with E-state index in [0.717, 1.165) is 32.5 Å². The van der Waals surface area contributed by atoms with Crippen LogP contribution in [-0.2, 0) is 4.74 Å². The molecule has 4 nitrogen and oxygen atoms in total. The van der Waals surface area contributed by atoms with Crippen molar-refractivity contribution >= 4 is 0 Å². The van der Waals surface area contributed by atoms with Gasteiger partial charge >= 0.3 is 0 Å². The van der Waals surface area contributed by atoms with Gasteiger partial charge in [-0.05, 0) is 38.8 Å². The molecule has 0 radical (unpaired) electrons. The SMILES string of the molecule is CCC1CO1.CCN.CCNC1(O)CCC1. The van der Waals surface area contributed by atoms with Crippen LogP contribution in [0.1, 0.15) is 46.5 Å². The monoisotopic (exact) mass is 232 g/mol. The van der Waals surface area contributed by atoms with Crippen molar-refractivity contribution in [2.45, 2.75) is 58.3 Å². The third-order valence-corrected chi connectivity index (χ3v) is 2.54. The first-order valence-corrected chi connectivity index (χ1v) is 6.40. The first kappa shape index (κ1) is 15.8. The highest BCUT2D eigenvalue weighted by Crippen LogP contribution is 2.27. The van der Waals surface area contributed by atoms with Crippen LogP contribution in [0.4, 0.5) is 0 Å². The van der Waals surface area contributed by atoms with Gasteiger partial charge in [0.25, 0.3) is 0 Å². The van der Waals surface area contributed by atoms with Gasteiger partial charge in [0.05, 0.1) is 12.7 Å². The Labute approximate surface area is 99.6 Å². The molecule has 0 aromatic rings. The first-order chi connectivity index (χ1) is 7.61. The van der Waals surface area contributed by atoms with Gasteiger partial charge < -0.3 is 15.6 Å². The van der Waals surface area contributed by atoms with Gasteiger partial charge in [-0.2, -0.15) is 0 Å². The van der Waals surface area contributed by atoms with Gasteiger partial charge in [0.2, 0.25) is 0 Å². The molecule has 1 saturated heterocycles. The van der Waals surface area contributed by atoms with Gasteiger partial charge in [-0.1, -0.05) is 20.8 Å². The van der Waals surface area contributed by atoms with E-state index in [4.69, 9.17) is 10.5 Å². The number of nitrogens with one attached hydrogen (secondary N) is 1. The molecule has 0 spiro atoms. The van der Waals surface area contributed by atoms with Gasteiger partial charge in [-0.15, -0.1) is 0 Å². The third-order valence-electron chi connectivity index (χ3n) is 2.54. The van der Waals surface area contributed by atoms with E-state index in [1.807, 2.05) is 13.8 Å². The average molecular weight is 232 g/mol. The van der Waals surface area contributed by atoms with Crippen LogP contribution in [0.5, 0.6) is 0 Å². The molecule has 0 amide bonds. The number of hydrogen-bond acceptors (Lipinski definition) is 4. The second-order valence-corrected chi connectivity index (χ2v) is 4.19. The minimum atomic E-state index is -0.477. The van der Waals surface area contributed by atoms with Gasteiger partial charge in [0.15, 0.2) is 0 Å². The topological polar surface area (TPSA) is 70.8 Å². The highest BCUT2D eigenvalue weighted by Gasteiger charge is 2.32. The molecule has 98 valence electrons. The molecule has 4 N–H and O–H groups in total. The van der Waals surface area contributed by atoms with Crippen molar-refractivity contribution in [1.82, 2.24) is 5.32 Å². The summed E-state index contributed by atoms with van der Waals surface area (Å²) in [5.41, 5.74) is 4.37. The van der Waals surface area contributed by atoms with Crippen molar-refractivity contribution in [2.24, 2.45) is 5.73 Å². The molecular weight excluding hydrogens is 204 g/mol. The zero-order chi connectivity index (χ0) is 12.4. The summed E-state index contributed by atoms with van der Waals surface area (Å²) < 4.78 is 4.86. The standard InChI is InChI=1S/C6H13NO.C4H8O.C2H7N/c1-2-7-6(8)4-3-5-6;1-2-4-3-5-4;1-2-3/h7-8H,2-5H2,1H3;4H,2-3H2,1H3;2-3H2,1H3.